The zero-order valence-corrected chi connectivity index (χ0v) is 13.3. The van der Waals surface area contributed by atoms with Crippen molar-refractivity contribution < 1.29 is 4.79 Å². The van der Waals surface area contributed by atoms with E-state index in [0.717, 1.165) is 19.3 Å². The highest BCUT2D eigenvalue weighted by molar-refractivity contribution is 7.11. The fraction of sp³-hybridized carbons (Fsp3) is 0.667. The summed E-state index contributed by atoms with van der Waals surface area (Å²) in [6.07, 6.45) is 3.12. The van der Waals surface area contributed by atoms with Crippen LogP contribution in [0.4, 0.5) is 0 Å². The third-order valence-electron chi connectivity index (χ3n) is 3.04. The average molecular weight is 282 g/mol. The molecule has 0 fully saturated rings. The SMILES string of the molecule is CCCC(C)NC(=O)CNC(C)Cc1ccc(C)s1. The number of hydrogen-bond acceptors (Lipinski definition) is 3. The van der Waals surface area contributed by atoms with Crippen molar-refractivity contribution in [3.05, 3.63) is 21.9 Å². The Kier molecular flexibility index (Phi) is 7.10. The number of carbonyl (C=O) groups excluding carboxylic acids is 1. The Bertz CT molecular complexity index is 389. The first-order valence-electron chi connectivity index (χ1n) is 7.09. The van der Waals surface area contributed by atoms with Crippen LogP contribution in [0.5, 0.6) is 0 Å². The summed E-state index contributed by atoms with van der Waals surface area (Å²) in [6, 6.07) is 4.91. The highest BCUT2D eigenvalue weighted by atomic mass is 32.1. The molecule has 1 rings (SSSR count). The fourth-order valence-electron chi connectivity index (χ4n) is 2.07. The van der Waals surface area contributed by atoms with Gasteiger partial charge in [0.1, 0.15) is 0 Å². The number of rotatable bonds is 8. The average Bonchev–Trinajstić information content (AvgIpc) is 2.72. The second kappa shape index (κ2) is 8.33. The molecule has 0 saturated carbocycles. The zero-order chi connectivity index (χ0) is 14.3. The first-order chi connectivity index (χ1) is 9.01. The molecule has 2 atom stereocenters. The van der Waals surface area contributed by atoms with Crippen molar-refractivity contribution in [2.75, 3.05) is 6.54 Å². The molecule has 1 amide bonds. The normalized spacial score (nSPS) is 14.1. The van der Waals surface area contributed by atoms with Gasteiger partial charge in [0.15, 0.2) is 0 Å². The first kappa shape index (κ1) is 16.2. The molecule has 0 radical (unpaired) electrons. The molecule has 0 bridgehead atoms. The summed E-state index contributed by atoms with van der Waals surface area (Å²) in [7, 11) is 0. The van der Waals surface area contributed by atoms with Gasteiger partial charge in [-0.2, -0.15) is 0 Å². The molecule has 1 aromatic heterocycles. The Labute approximate surface area is 120 Å². The van der Waals surface area contributed by atoms with E-state index in [1.54, 1.807) is 0 Å². The molecule has 0 aliphatic rings. The smallest absolute Gasteiger partial charge is 0.234 e. The van der Waals surface area contributed by atoms with E-state index in [4.69, 9.17) is 0 Å². The molecular formula is C15H26N2OS. The standard InChI is InChI=1S/C15H26N2OS/c1-5-6-11(2)17-15(18)10-16-12(3)9-14-8-7-13(4)19-14/h7-8,11-12,16H,5-6,9-10H2,1-4H3,(H,17,18). The summed E-state index contributed by atoms with van der Waals surface area (Å²) >= 11 is 1.83. The van der Waals surface area contributed by atoms with E-state index in [1.807, 2.05) is 11.3 Å². The molecule has 3 nitrogen and oxygen atoms in total. The van der Waals surface area contributed by atoms with E-state index in [1.165, 1.54) is 9.75 Å². The van der Waals surface area contributed by atoms with Gasteiger partial charge in [-0.05, 0) is 45.7 Å². The van der Waals surface area contributed by atoms with E-state index in [2.05, 4.69) is 50.5 Å². The Morgan fingerprint density at radius 2 is 2.05 bits per heavy atom. The van der Waals surface area contributed by atoms with Gasteiger partial charge in [-0.25, -0.2) is 0 Å². The van der Waals surface area contributed by atoms with Crippen LogP contribution in [0, 0.1) is 6.92 Å². The summed E-state index contributed by atoms with van der Waals surface area (Å²) < 4.78 is 0. The van der Waals surface area contributed by atoms with Gasteiger partial charge in [0.25, 0.3) is 0 Å². The van der Waals surface area contributed by atoms with Gasteiger partial charge in [0, 0.05) is 21.8 Å². The highest BCUT2D eigenvalue weighted by Crippen LogP contribution is 2.16. The molecule has 0 aliphatic heterocycles. The van der Waals surface area contributed by atoms with Crippen molar-refractivity contribution in [1.29, 1.82) is 0 Å². The van der Waals surface area contributed by atoms with Gasteiger partial charge in [0.2, 0.25) is 5.91 Å². The van der Waals surface area contributed by atoms with Crippen molar-refractivity contribution in [3.8, 4) is 0 Å². The van der Waals surface area contributed by atoms with Crippen molar-refractivity contribution in [2.45, 2.75) is 59.0 Å². The predicted molar refractivity (Wildman–Crippen MR) is 82.7 cm³/mol. The summed E-state index contributed by atoms with van der Waals surface area (Å²) in [6.45, 7) is 8.83. The zero-order valence-electron chi connectivity index (χ0n) is 12.5. The minimum atomic E-state index is 0.0927. The predicted octanol–water partition coefficient (Wildman–Crippen LogP) is 2.88. The van der Waals surface area contributed by atoms with Crippen LogP contribution in [0.1, 0.15) is 43.4 Å². The van der Waals surface area contributed by atoms with Gasteiger partial charge in [-0.3, -0.25) is 4.79 Å². The summed E-state index contributed by atoms with van der Waals surface area (Å²) in [5, 5.41) is 6.29. The molecular weight excluding hydrogens is 256 g/mol. The van der Waals surface area contributed by atoms with Crippen LogP contribution in [0.3, 0.4) is 0 Å². The molecule has 0 saturated heterocycles. The van der Waals surface area contributed by atoms with Crippen LogP contribution >= 0.6 is 11.3 Å². The van der Waals surface area contributed by atoms with Crippen molar-refractivity contribution >= 4 is 17.2 Å². The maximum atomic E-state index is 11.7. The number of nitrogens with one attached hydrogen (secondary N) is 2. The Balaban J connectivity index is 2.22. The minimum absolute atomic E-state index is 0.0927. The Morgan fingerprint density at radius 3 is 2.63 bits per heavy atom. The molecule has 4 heteroatoms. The van der Waals surface area contributed by atoms with E-state index < -0.39 is 0 Å². The number of aryl methyl sites for hydroxylation is 1. The van der Waals surface area contributed by atoms with Gasteiger partial charge >= 0.3 is 0 Å². The maximum absolute atomic E-state index is 11.7. The minimum Gasteiger partial charge on any atom is -0.353 e. The summed E-state index contributed by atoms with van der Waals surface area (Å²) in [4.78, 5) is 14.4. The first-order valence-corrected chi connectivity index (χ1v) is 7.91. The van der Waals surface area contributed by atoms with Crippen LogP contribution in [-0.4, -0.2) is 24.5 Å². The van der Waals surface area contributed by atoms with Crippen LogP contribution in [-0.2, 0) is 11.2 Å². The Hall–Kier alpha value is -0.870. The lowest BCUT2D eigenvalue weighted by molar-refractivity contribution is -0.121. The van der Waals surface area contributed by atoms with Crippen molar-refractivity contribution in [3.63, 3.8) is 0 Å². The van der Waals surface area contributed by atoms with Crippen LogP contribution in [0.15, 0.2) is 12.1 Å². The van der Waals surface area contributed by atoms with E-state index in [0.29, 0.717) is 12.6 Å². The van der Waals surface area contributed by atoms with Crippen LogP contribution < -0.4 is 10.6 Å². The van der Waals surface area contributed by atoms with E-state index in [9.17, 15) is 4.79 Å². The summed E-state index contributed by atoms with van der Waals surface area (Å²) in [5.41, 5.74) is 0. The lowest BCUT2D eigenvalue weighted by atomic mass is 10.2. The molecule has 1 aromatic rings. The molecule has 0 aliphatic carbocycles. The molecule has 19 heavy (non-hydrogen) atoms. The highest BCUT2D eigenvalue weighted by Gasteiger charge is 2.09. The van der Waals surface area contributed by atoms with Gasteiger partial charge in [-0.1, -0.05) is 13.3 Å². The summed E-state index contributed by atoms with van der Waals surface area (Å²) in [5.74, 6) is 0.0927. The van der Waals surface area contributed by atoms with Gasteiger partial charge in [-0.15, -0.1) is 11.3 Å². The second-order valence-electron chi connectivity index (χ2n) is 5.26. The monoisotopic (exact) mass is 282 g/mol. The third-order valence-corrected chi connectivity index (χ3v) is 4.07. The number of amides is 1. The van der Waals surface area contributed by atoms with Crippen molar-refractivity contribution in [2.24, 2.45) is 0 Å². The molecule has 1 heterocycles. The molecule has 2 unspecified atom stereocenters. The Morgan fingerprint density at radius 1 is 1.32 bits per heavy atom. The van der Waals surface area contributed by atoms with Gasteiger partial charge < -0.3 is 10.6 Å². The largest absolute Gasteiger partial charge is 0.353 e. The van der Waals surface area contributed by atoms with Crippen LogP contribution in [0.2, 0.25) is 0 Å². The van der Waals surface area contributed by atoms with E-state index in [-0.39, 0.29) is 11.9 Å². The van der Waals surface area contributed by atoms with Crippen molar-refractivity contribution in [1.82, 2.24) is 10.6 Å². The third kappa shape index (κ3) is 6.73. The lowest BCUT2D eigenvalue weighted by Crippen LogP contribution is -2.42. The molecule has 2 N–H and O–H groups in total. The van der Waals surface area contributed by atoms with Gasteiger partial charge in [0.05, 0.1) is 6.54 Å². The maximum Gasteiger partial charge on any atom is 0.234 e. The topological polar surface area (TPSA) is 41.1 Å². The number of hydrogen-bond donors (Lipinski definition) is 2. The fourth-order valence-corrected chi connectivity index (χ4v) is 3.09. The second-order valence-corrected chi connectivity index (χ2v) is 6.63. The lowest BCUT2D eigenvalue weighted by Gasteiger charge is -2.16. The molecule has 0 spiro atoms. The molecule has 108 valence electrons. The number of carbonyl (C=O) groups is 1. The molecule has 0 aromatic carbocycles. The van der Waals surface area contributed by atoms with Crippen LogP contribution in [0.25, 0.3) is 0 Å². The number of thiophene rings is 1. The van der Waals surface area contributed by atoms with E-state index >= 15 is 0 Å². The quantitative estimate of drug-likeness (QED) is 0.770.